The molecule has 0 spiro atoms. The van der Waals surface area contributed by atoms with Crippen LogP contribution >= 0.6 is 22.7 Å². The number of thiophene rings is 2. The van der Waals surface area contributed by atoms with E-state index in [1.807, 2.05) is 12.1 Å². The van der Waals surface area contributed by atoms with Crippen molar-refractivity contribution in [2.24, 2.45) is 0 Å². The van der Waals surface area contributed by atoms with Gasteiger partial charge in [0.05, 0.1) is 5.69 Å². The first kappa shape index (κ1) is 15.3. The molecule has 4 rings (SSSR count). The van der Waals surface area contributed by atoms with Gasteiger partial charge in [-0.25, -0.2) is 9.67 Å². The summed E-state index contributed by atoms with van der Waals surface area (Å²) < 4.78 is 1.77. The molecule has 0 aliphatic rings. The number of nitrogens with zero attached hydrogens (tertiary/aromatic N) is 3. The van der Waals surface area contributed by atoms with Gasteiger partial charge in [0, 0.05) is 28.4 Å². The lowest BCUT2D eigenvalue weighted by molar-refractivity contribution is 0.700. The molecule has 1 aromatic carbocycles. The van der Waals surface area contributed by atoms with Crippen molar-refractivity contribution in [3.63, 3.8) is 0 Å². The highest BCUT2D eigenvalue weighted by molar-refractivity contribution is 7.14. The van der Waals surface area contributed by atoms with Gasteiger partial charge in [-0.1, -0.05) is 18.2 Å². The molecule has 0 fully saturated rings. The fourth-order valence-electron chi connectivity index (χ4n) is 2.53. The Kier molecular flexibility index (Phi) is 4.51. The molecule has 0 aliphatic carbocycles. The third-order valence-electron chi connectivity index (χ3n) is 3.68. The summed E-state index contributed by atoms with van der Waals surface area (Å²) in [6.45, 7) is 1.71. The Bertz CT molecular complexity index is 895. The van der Waals surface area contributed by atoms with Gasteiger partial charge >= 0.3 is 0 Å². The average molecular weight is 352 g/mol. The highest BCUT2D eigenvalue weighted by Crippen LogP contribution is 2.29. The minimum absolute atomic E-state index is 0.828. The lowest BCUT2D eigenvalue weighted by Crippen LogP contribution is -2.12. The van der Waals surface area contributed by atoms with E-state index in [1.165, 1.54) is 20.9 Å². The Hall–Kier alpha value is -2.28. The largest absolute Gasteiger partial charge is 0.308 e. The molecule has 3 aromatic heterocycles. The third-order valence-corrected chi connectivity index (χ3v) is 5.54. The number of hydrogen-bond donors (Lipinski definition) is 1. The maximum Gasteiger partial charge on any atom is 0.138 e. The molecule has 4 nitrogen and oxygen atoms in total. The van der Waals surface area contributed by atoms with E-state index in [0.717, 1.165) is 18.8 Å². The molecular formula is C18H16N4S2. The van der Waals surface area contributed by atoms with Crippen molar-refractivity contribution in [3.05, 3.63) is 76.3 Å². The van der Waals surface area contributed by atoms with Crippen molar-refractivity contribution in [2.45, 2.75) is 13.1 Å². The van der Waals surface area contributed by atoms with E-state index in [0.29, 0.717) is 0 Å². The molecule has 4 aromatic rings. The van der Waals surface area contributed by atoms with Gasteiger partial charge in [0.2, 0.25) is 0 Å². The second-order valence-electron chi connectivity index (χ2n) is 5.39. The normalized spacial score (nSPS) is 11.0. The monoisotopic (exact) mass is 352 g/mol. The third kappa shape index (κ3) is 3.46. The smallest absolute Gasteiger partial charge is 0.138 e. The van der Waals surface area contributed by atoms with Crippen molar-refractivity contribution in [1.29, 1.82) is 0 Å². The SMILES string of the molecule is c1cc(CNCc2cc(-c3cccs3)cs2)cc(-n2cncn2)c1. The van der Waals surface area contributed by atoms with Crippen LogP contribution in [0.5, 0.6) is 0 Å². The van der Waals surface area contributed by atoms with E-state index < -0.39 is 0 Å². The second-order valence-corrected chi connectivity index (χ2v) is 7.34. The van der Waals surface area contributed by atoms with Gasteiger partial charge in [0.25, 0.3) is 0 Å². The molecule has 120 valence electrons. The van der Waals surface area contributed by atoms with Crippen LogP contribution < -0.4 is 5.32 Å². The molecule has 6 heteroatoms. The van der Waals surface area contributed by atoms with E-state index in [-0.39, 0.29) is 0 Å². The number of benzene rings is 1. The van der Waals surface area contributed by atoms with E-state index in [4.69, 9.17) is 0 Å². The van der Waals surface area contributed by atoms with E-state index in [1.54, 1.807) is 40.0 Å². The standard InChI is InChI=1S/C18H16N4S2/c1-3-14(7-16(4-1)22-13-20-12-21-22)9-19-10-17-8-15(11-24-17)18-5-2-6-23-18/h1-8,11-13,19H,9-10H2. The molecule has 0 saturated heterocycles. The predicted octanol–water partition coefficient (Wildman–Crippen LogP) is 4.35. The Morgan fingerprint density at radius 2 is 2.04 bits per heavy atom. The Morgan fingerprint density at radius 1 is 1.04 bits per heavy atom. The quantitative estimate of drug-likeness (QED) is 0.561. The number of nitrogens with one attached hydrogen (secondary N) is 1. The molecule has 0 saturated carbocycles. The fraction of sp³-hybridized carbons (Fsp3) is 0.111. The first-order chi connectivity index (χ1) is 11.9. The maximum absolute atomic E-state index is 4.17. The molecule has 0 atom stereocenters. The van der Waals surface area contributed by atoms with Crippen LogP contribution in [-0.2, 0) is 13.1 Å². The van der Waals surface area contributed by atoms with Crippen LogP contribution in [-0.4, -0.2) is 14.8 Å². The van der Waals surface area contributed by atoms with Gasteiger partial charge in [0.15, 0.2) is 0 Å². The zero-order chi connectivity index (χ0) is 16.2. The molecule has 0 radical (unpaired) electrons. The lowest BCUT2D eigenvalue weighted by Gasteiger charge is -2.06. The molecule has 24 heavy (non-hydrogen) atoms. The Labute approximate surface area is 148 Å². The summed E-state index contributed by atoms with van der Waals surface area (Å²) in [4.78, 5) is 6.68. The van der Waals surface area contributed by atoms with Gasteiger partial charge in [0.1, 0.15) is 12.7 Å². The highest BCUT2D eigenvalue weighted by atomic mass is 32.1. The molecule has 0 amide bonds. The minimum atomic E-state index is 0.828. The van der Waals surface area contributed by atoms with Crippen LogP contribution in [0.4, 0.5) is 0 Å². The lowest BCUT2D eigenvalue weighted by atomic mass is 10.2. The summed E-state index contributed by atoms with van der Waals surface area (Å²) >= 11 is 3.59. The second kappa shape index (κ2) is 7.09. The van der Waals surface area contributed by atoms with E-state index >= 15 is 0 Å². The van der Waals surface area contributed by atoms with Crippen LogP contribution in [0.15, 0.2) is 65.9 Å². The van der Waals surface area contributed by atoms with Gasteiger partial charge in [-0.3, -0.25) is 0 Å². The summed E-state index contributed by atoms with van der Waals surface area (Å²) in [6, 6.07) is 14.9. The molecular weight excluding hydrogens is 336 g/mol. The van der Waals surface area contributed by atoms with Crippen LogP contribution in [0, 0.1) is 0 Å². The summed E-state index contributed by atoms with van der Waals surface area (Å²) in [5, 5.41) is 12.0. The van der Waals surface area contributed by atoms with Crippen molar-refractivity contribution in [2.75, 3.05) is 0 Å². The molecule has 0 bridgehead atoms. The first-order valence-electron chi connectivity index (χ1n) is 7.64. The topological polar surface area (TPSA) is 42.7 Å². The predicted molar refractivity (Wildman–Crippen MR) is 99.5 cm³/mol. The molecule has 1 N–H and O–H groups in total. The van der Waals surface area contributed by atoms with Gasteiger partial charge < -0.3 is 5.32 Å². The van der Waals surface area contributed by atoms with Gasteiger partial charge in [-0.2, -0.15) is 5.10 Å². The highest BCUT2D eigenvalue weighted by Gasteiger charge is 2.04. The Balaban J connectivity index is 1.37. The van der Waals surface area contributed by atoms with Crippen LogP contribution in [0.2, 0.25) is 0 Å². The average Bonchev–Trinajstić information content (AvgIpc) is 3.36. The van der Waals surface area contributed by atoms with E-state index in [9.17, 15) is 0 Å². The van der Waals surface area contributed by atoms with Gasteiger partial charge in [-0.15, -0.1) is 22.7 Å². The number of aromatic nitrogens is 3. The van der Waals surface area contributed by atoms with Crippen LogP contribution in [0.3, 0.4) is 0 Å². The molecule has 0 unspecified atom stereocenters. The van der Waals surface area contributed by atoms with Crippen LogP contribution in [0.1, 0.15) is 10.4 Å². The van der Waals surface area contributed by atoms with Gasteiger partial charge in [-0.05, 0) is 40.6 Å². The van der Waals surface area contributed by atoms with Crippen LogP contribution in [0.25, 0.3) is 16.1 Å². The van der Waals surface area contributed by atoms with Crippen molar-refractivity contribution in [1.82, 2.24) is 20.1 Å². The first-order valence-corrected chi connectivity index (χ1v) is 9.40. The summed E-state index contributed by atoms with van der Waals surface area (Å²) in [6.07, 6.45) is 3.26. The number of hydrogen-bond acceptors (Lipinski definition) is 5. The van der Waals surface area contributed by atoms with E-state index in [2.05, 4.69) is 56.5 Å². The molecule has 3 heterocycles. The minimum Gasteiger partial charge on any atom is -0.308 e. The van der Waals surface area contributed by atoms with Crippen molar-refractivity contribution in [3.8, 4) is 16.1 Å². The Morgan fingerprint density at radius 3 is 2.88 bits per heavy atom. The summed E-state index contributed by atoms with van der Waals surface area (Å²) in [5.41, 5.74) is 3.58. The zero-order valence-electron chi connectivity index (χ0n) is 12.9. The molecule has 0 aliphatic heterocycles. The summed E-state index contributed by atoms with van der Waals surface area (Å²) in [7, 11) is 0. The van der Waals surface area contributed by atoms with Crippen molar-refractivity contribution >= 4 is 22.7 Å². The van der Waals surface area contributed by atoms with Crippen molar-refractivity contribution < 1.29 is 0 Å². The number of rotatable bonds is 6. The zero-order valence-corrected chi connectivity index (χ0v) is 14.6. The fourth-order valence-corrected chi connectivity index (χ4v) is 4.17. The maximum atomic E-state index is 4.17. The summed E-state index contributed by atoms with van der Waals surface area (Å²) in [5.74, 6) is 0.